The molecule has 0 spiro atoms. The van der Waals surface area contributed by atoms with Gasteiger partial charge in [-0.3, -0.25) is 9.59 Å². The molecule has 2 aromatic carbocycles. The highest BCUT2D eigenvalue weighted by Gasteiger charge is 2.21. The molecule has 0 radical (unpaired) electrons. The van der Waals surface area contributed by atoms with Crippen molar-refractivity contribution in [2.45, 2.75) is 38.8 Å². The Labute approximate surface area is 193 Å². The molecule has 0 bridgehead atoms. The Morgan fingerprint density at radius 2 is 1.78 bits per heavy atom. The quantitative estimate of drug-likeness (QED) is 0.529. The molecule has 0 fully saturated rings. The largest absolute Gasteiger partial charge is 0.489 e. The zero-order valence-electron chi connectivity index (χ0n) is 18.1. The Kier molecular flexibility index (Phi) is 7.56. The Balaban J connectivity index is 1.12. The molecule has 1 aromatic heterocycles. The van der Waals surface area contributed by atoms with Crippen molar-refractivity contribution in [3.05, 3.63) is 87.6 Å². The SMILES string of the molecule is O=C(CCC(=O)N1CCc2sccc2C1)NCCc1ccc(OCc2ccccc2)cc1. The van der Waals surface area contributed by atoms with E-state index in [1.807, 2.05) is 59.5 Å². The molecule has 0 aliphatic carbocycles. The number of fused-ring (bicyclic) bond motifs is 1. The second kappa shape index (κ2) is 11.0. The van der Waals surface area contributed by atoms with Crippen molar-refractivity contribution < 1.29 is 14.3 Å². The third-order valence-corrected chi connectivity index (χ3v) is 6.66. The maximum Gasteiger partial charge on any atom is 0.223 e. The zero-order chi connectivity index (χ0) is 22.2. The van der Waals surface area contributed by atoms with E-state index >= 15 is 0 Å². The Hall–Kier alpha value is -3.12. The van der Waals surface area contributed by atoms with E-state index in [1.165, 1.54) is 10.4 Å². The third kappa shape index (κ3) is 6.20. The summed E-state index contributed by atoms with van der Waals surface area (Å²) in [7, 11) is 0. The topological polar surface area (TPSA) is 58.6 Å². The number of nitrogens with one attached hydrogen (secondary N) is 1. The van der Waals surface area contributed by atoms with Gasteiger partial charge in [0.1, 0.15) is 12.4 Å². The number of rotatable bonds is 9. The second-order valence-corrected chi connectivity index (χ2v) is 8.95. The third-order valence-electron chi connectivity index (χ3n) is 5.63. The Bertz CT molecular complexity index is 1030. The average Bonchev–Trinajstić information content (AvgIpc) is 3.31. The van der Waals surface area contributed by atoms with Gasteiger partial charge in [0.25, 0.3) is 0 Å². The number of hydrogen-bond donors (Lipinski definition) is 1. The van der Waals surface area contributed by atoms with Crippen molar-refractivity contribution in [3.63, 3.8) is 0 Å². The molecule has 0 saturated carbocycles. The van der Waals surface area contributed by atoms with Gasteiger partial charge in [-0.2, -0.15) is 0 Å². The Morgan fingerprint density at radius 1 is 0.969 bits per heavy atom. The highest BCUT2D eigenvalue weighted by atomic mass is 32.1. The summed E-state index contributed by atoms with van der Waals surface area (Å²) in [5.41, 5.74) is 3.51. The lowest BCUT2D eigenvalue weighted by atomic mass is 10.1. The van der Waals surface area contributed by atoms with Crippen molar-refractivity contribution in [2.75, 3.05) is 13.1 Å². The van der Waals surface area contributed by atoms with Gasteiger partial charge in [0, 0.05) is 37.4 Å². The molecule has 2 heterocycles. The van der Waals surface area contributed by atoms with Crippen LogP contribution in [0.25, 0.3) is 0 Å². The molecule has 1 N–H and O–H groups in total. The predicted octanol–water partition coefficient (Wildman–Crippen LogP) is 4.35. The highest BCUT2D eigenvalue weighted by Crippen LogP contribution is 2.24. The fourth-order valence-electron chi connectivity index (χ4n) is 3.77. The summed E-state index contributed by atoms with van der Waals surface area (Å²) in [5.74, 6) is 0.810. The summed E-state index contributed by atoms with van der Waals surface area (Å²) in [4.78, 5) is 27.8. The minimum atomic E-state index is -0.0746. The van der Waals surface area contributed by atoms with E-state index in [9.17, 15) is 9.59 Å². The lowest BCUT2D eigenvalue weighted by molar-refractivity contribution is -0.134. The van der Waals surface area contributed by atoms with Crippen LogP contribution in [0.15, 0.2) is 66.0 Å². The normalized spacial score (nSPS) is 12.8. The summed E-state index contributed by atoms with van der Waals surface area (Å²) < 4.78 is 5.80. The summed E-state index contributed by atoms with van der Waals surface area (Å²) in [6, 6.07) is 20.1. The first-order valence-corrected chi connectivity index (χ1v) is 11.9. The molecule has 0 unspecified atom stereocenters. The van der Waals surface area contributed by atoms with Crippen LogP contribution in [0.3, 0.4) is 0 Å². The number of amides is 2. The van der Waals surface area contributed by atoms with Crippen molar-refractivity contribution in [3.8, 4) is 5.75 Å². The number of ether oxygens (including phenoxy) is 1. The Morgan fingerprint density at radius 3 is 2.59 bits per heavy atom. The van der Waals surface area contributed by atoms with Crippen LogP contribution in [0.1, 0.15) is 34.4 Å². The molecule has 32 heavy (non-hydrogen) atoms. The fraction of sp³-hybridized carbons (Fsp3) is 0.308. The molecular formula is C26H28N2O3S. The number of carbonyl (C=O) groups excluding carboxylic acids is 2. The van der Waals surface area contributed by atoms with E-state index in [1.54, 1.807) is 11.3 Å². The van der Waals surface area contributed by atoms with Crippen LogP contribution < -0.4 is 10.1 Å². The van der Waals surface area contributed by atoms with Gasteiger partial charge in [0.2, 0.25) is 11.8 Å². The van der Waals surface area contributed by atoms with E-state index in [-0.39, 0.29) is 24.7 Å². The molecule has 2 amide bonds. The van der Waals surface area contributed by atoms with Gasteiger partial charge in [-0.25, -0.2) is 0 Å². The summed E-state index contributed by atoms with van der Waals surface area (Å²) >= 11 is 1.76. The number of hydrogen-bond acceptors (Lipinski definition) is 4. The molecule has 5 nitrogen and oxygen atoms in total. The van der Waals surface area contributed by atoms with E-state index in [0.29, 0.717) is 19.7 Å². The first-order valence-electron chi connectivity index (χ1n) is 11.0. The van der Waals surface area contributed by atoms with Crippen molar-refractivity contribution in [2.24, 2.45) is 0 Å². The molecule has 6 heteroatoms. The maximum atomic E-state index is 12.4. The molecule has 4 rings (SSSR count). The minimum absolute atomic E-state index is 0.0584. The van der Waals surface area contributed by atoms with Crippen LogP contribution in [0.5, 0.6) is 5.75 Å². The van der Waals surface area contributed by atoms with Gasteiger partial charge in [-0.05, 0) is 53.1 Å². The highest BCUT2D eigenvalue weighted by molar-refractivity contribution is 7.10. The van der Waals surface area contributed by atoms with Crippen molar-refractivity contribution >= 4 is 23.2 Å². The summed E-state index contributed by atoms with van der Waals surface area (Å²) in [6.45, 7) is 2.52. The number of carbonyl (C=O) groups is 2. The van der Waals surface area contributed by atoms with E-state index in [4.69, 9.17) is 4.74 Å². The standard InChI is InChI=1S/C26H28N2O3S/c29-25(10-11-26(30)28-16-13-24-22(18-28)14-17-32-24)27-15-12-20-6-8-23(9-7-20)31-19-21-4-2-1-3-5-21/h1-9,14,17H,10-13,15-16,18-19H2,(H,27,29). The molecule has 1 aliphatic rings. The molecule has 0 atom stereocenters. The van der Waals surface area contributed by atoms with Gasteiger partial charge in [-0.15, -0.1) is 11.3 Å². The van der Waals surface area contributed by atoms with Crippen LogP contribution >= 0.6 is 11.3 Å². The molecule has 0 saturated heterocycles. The van der Waals surface area contributed by atoms with E-state index in [2.05, 4.69) is 16.8 Å². The van der Waals surface area contributed by atoms with Crippen LogP contribution in [0.4, 0.5) is 0 Å². The first-order chi connectivity index (χ1) is 15.7. The summed E-state index contributed by atoms with van der Waals surface area (Å²) in [6.07, 6.45) is 2.16. The molecule has 1 aliphatic heterocycles. The summed E-state index contributed by atoms with van der Waals surface area (Å²) in [5, 5.41) is 5.00. The van der Waals surface area contributed by atoms with Gasteiger partial charge in [0.15, 0.2) is 0 Å². The smallest absolute Gasteiger partial charge is 0.223 e. The van der Waals surface area contributed by atoms with Crippen molar-refractivity contribution in [1.29, 1.82) is 0 Å². The molecule has 166 valence electrons. The first kappa shape index (κ1) is 22.1. The van der Waals surface area contributed by atoms with Crippen LogP contribution in [-0.4, -0.2) is 29.8 Å². The lowest BCUT2D eigenvalue weighted by Gasteiger charge is -2.27. The van der Waals surface area contributed by atoms with Gasteiger partial charge >= 0.3 is 0 Å². The lowest BCUT2D eigenvalue weighted by Crippen LogP contribution is -2.36. The monoisotopic (exact) mass is 448 g/mol. The maximum absolute atomic E-state index is 12.4. The number of nitrogens with zero attached hydrogens (tertiary/aromatic N) is 1. The predicted molar refractivity (Wildman–Crippen MR) is 127 cm³/mol. The number of thiophene rings is 1. The van der Waals surface area contributed by atoms with Crippen LogP contribution in [0, 0.1) is 0 Å². The average molecular weight is 449 g/mol. The molecule has 3 aromatic rings. The van der Waals surface area contributed by atoms with Gasteiger partial charge in [0.05, 0.1) is 0 Å². The zero-order valence-corrected chi connectivity index (χ0v) is 18.9. The van der Waals surface area contributed by atoms with Crippen LogP contribution in [0.2, 0.25) is 0 Å². The van der Waals surface area contributed by atoms with E-state index < -0.39 is 0 Å². The van der Waals surface area contributed by atoms with Gasteiger partial charge < -0.3 is 15.0 Å². The second-order valence-electron chi connectivity index (χ2n) is 7.95. The van der Waals surface area contributed by atoms with E-state index in [0.717, 1.165) is 36.3 Å². The fourth-order valence-corrected chi connectivity index (χ4v) is 4.66. The molecular weight excluding hydrogens is 420 g/mol. The van der Waals surface area contributed by atoms with Gasteiger partial charge in [-0.1, -0.05) is 42.5 Å². The van der Waals surface area contributed by atoms with Crippen molar-refractivity contribution in [1.82, 2.24) is 10.2 Å². The number of benzene rings is 2. The minimum Gasteiger partial charge on any atom is -0.489 e. The van der Waals surface area contributed by atoms with Crippen LogP contribution in [-0.2, 0) is 35.6 Å².